The molecule has 1 aliphatic carbocycles. The van der Waals surface area contributed by atoms with E-state index in [2.05, 4.69) is 51.7 Å². The summed E-state index contributed by atoms with van der Waals surface area (Å²) < 4.78 is 1.20. The van der Waals surface area contributed by atoms with Crippen molar-refractivity contribution in [2.24, 2.45) is 5.92 Å². The van der Waals surface area contributed by atoms with Gasteiger partial charge in [0, 0.05) is 22.2 Å². The average molecular weight is 323 g/mol. The number of aryl methyl sites for hydroxylation is 1. The van der Waals surface area contributed by atoms with Gasteiger partial charge in [0.2, 0.25) is 0 Å². The topological polar surface area (TPSA) is 24.1 Å². The minimum atomic E-state index is 0.644. The van der Waals surface area contributed by atoms with Crippen LogP contribution < -0.4 is 10.6 Å². The Hall–Kier alpha value is -0.540. The zero-order valence-electron chi connectivity index (χ0n) is 11.6. The van der Waals surface area contributed by atoms with Crippen LogP contribution in [-0.2, 0) is 0 Å². The van der Waals surface area contributed by atoms with E-state index < -0.39 is 0 Å². The molecule has 3 unspecified atom stereocenters. The highest BCUT2D eigenvalue weighted by molar-refractivity contribution is 9.10. The monoisotopic (exact) mass is 322 g/mol. The van der Waals surface area contributed by atoms with Crippen LogP contribution in [0.15, 0.2) is 22.7 Å². The molecule has 3 atom stereocenters. The Kier molecular flexibility index (Phi) is 4.13. The molecule has 1 heterocycles. The summed E-state index contributed by atoms with van der Waals surface area (Å²) in [6.45, 7) is 3.35. The van der Waals surface area contributed by atoms with Crippen molar-refractivity contribution in [3.05, 3.63) is 28.2 Å². The fourth-order valence-corrected chi connectivity index (χ4v) is 4.00. The molecule has 0 spiro atoms. The predicted molar refractivity (Wildman–Crippen MR) is 84.7 cm³/mol. The Bertz CT molecular complexity index is 440. The molecular formula is C16H23BrN2. The Morgan fingerprint density at radius 2 is 2.11 bits per heavy atom. The Morgan fingerprint density at radius 1 is 1.21 bits per heavy atom. The first-order chi connectivity index (χ1) is 9.24. The van der Waals surface area contributed by atoms with Crippen LogP contribution in [0, 0.1) is 12.8 Å². The van der Waals surface area contributed by atoms with Crippen molar-refractivity contribution >= 4 is 21.6 Å². The van der Waals surface area contributed by atoms with E-state index in [0.29, 0.717) is 6.04 Å². The maximum atomic E-state index is 3.77. The van der Waals surface area contributed by atoms with Crippen molar-refractivity contribution in [3.8, 4) is 0 Å². The van der Waals surface area contributed by atoms with Gasteiger partial charge in [0.05, 0.1) is 0 Å². The third kappa shape index (κ3) is 2.97. The van der Waals surface area contributed by atoms with Gasteiger partial charge in [0.25, 0.3) is 0 Å². The van der Waals surface area contributed by atoms with Crippen molar-refractivity contribution in [1.82, 2.24) is 5.32 Å². The minimum absolute atomic E-state index is 0.644. The molecule has 1 aliphatic heterocycles. The van der Waals surface area contributed by atoms with Crippen LogP contribution in [0.4, 0.5) is 5.69 Å². The standard InChI is InChI=1S/C16H23BrN2/c1-11-7-8-12(10-14(11)17)19-16-5-2-4-13(16)15-6-3-9-18-15/h7-8,10,13,15-16,18-19H,2-6,9H2,1H3. The third-order valence-corrected chi connectivity index (χ3v) is 5.56. The summed E-state index contributed by atoms with van der Waals surface area (Å²) in [4.78, 5) is 0. The normalized spacial score (nSPS) is 30.7. The lowest BCUT2D eigenvalue weighted by atomic mass is 9.93. The molecule has 3 heteroatoms. The van der Waals surface area contributed by atoms with Gasteiger partial charge in [0.1, 0.15) is 0 Å². The van der Waals surface area contributed by atoms with Crippen LogP contribution in [0.2, 0.25) is 0 Å². The molecule has 1 saturated heterocycles. The van der Waals surface area contributed by atoms with E-state index in [0.717, 1.165) is 12.0 Å². The number of nitrogens with one attached hydrogen (secondary N) is 2. The van der Waals surface area contributed by atoms with E-state index in [1.54, 1.807) is 0 Å². The highest BCUT2D eigenvalue weighted by Crippen LogP contribution is 2.34. The number of benzene rings is 1. The number of hydrogen-bond donors (Lipinski definition) is 2. The molecule has 1 aromatic carbocycles. The van der Waals surface area contributed by atoms with Gasteiger partial charge >= 0.3 is 0 Å². The van der Waals surface area contributed by atoms with Gasteiger partial charge in [-0.05, 0) is 62.8 Å². The van der Waals surface area contributed by atoms with Gasteiger partial charge in [-0.3, -0.25) is 0 Å². The zero-order valence-corrected chi connectivity index (χ0v) is 13.2. The molecule has 1 aromatic rings. The Balaban J connectivity index is 1.69. The van der Waals surface area contributed by atoms with Crippen LogP contribution in [0.1, 0.15) is 37.7 Å². The van der Waals surface area contributed by atoms with Crippen LogP contribution in [0.25, 0.3) is 0 Å². The number of hydrogen-bond acceptors (Lipinski definition) is 2. The zero-order chi connectivity index (χ0) is 13.2. The first-order valence-corrected chi connectivity index (χ1v) is 8.29. The molecule has 2 aliphatic rings. The van der Waals surface area contributed by atoms with E-state index >= 15 is 0 Å². The van der Waals surface area contributed by atoms with Crippen LogP contribution in [0.5, 0.6) is 0 Å². The smallest absolute Gasteiger partial charge is 0.0353 e. The summed E-state index contributed by atoms with van der Waals surface area (Å²) in [5.41, 5.74) is 2.55. The lowest BCUT2D eigenvalue weighted by Crippen LogP contribution is -2.38. The molecule has 19 heavy (non-hydrogen) atoms. The molecule has 2 fully saturated rings. The van der Waals surface area contributed by atoms with Gasteiger partial charge < -0.3 is 10.6 Å². The molecule has 0 bridgehead atoms. The lowest BCUT2D eigenvalue weighted by molar-refractivity contribution is 0.376. The molecule has 1 saturated carbocycles. The van der Waals surface area contributed by atoms with Crippen molar-refractivity contribution in [2.75, 3.05) is 11.9 Å². The molecule has 0 aromatic heterocycles. The van der Waals surface area contributed by atoms with Crippen molar-refractivity contribution < 1.29 is 0 Å². The molecule has 0 amide bonds. The second-order valence-corrected chi connectivity index (χ2v) is 6.87. The summed E-state index contributed by atoms with van der Waals surface area (Å²) in [6, 6.07) is 7.99. The largest absolute Gasteiger partial charge is 0.382 e. The first kappa shape index (κ1) is 13.4. The van der Waals surface area contributed by atoms with Crippen molar-refractivity contribution in [3.63, 3.8) is 0 Å². The lowest BCUT2D eigenvalue weighted by Gasteiger charge is -2.27. The Labute approximate surface area is 124 Å². The van der Waals surface area contributed by atoms with Crippen molar-refractivity contribution in [2.45, 2.75) is 51.1 Å². The van der Waals surface area contributed by atoms with E-state index in [1.807, 2.05) is 0 Å². The van der Waals surface area contributed by atoms with Gasteiger partial charge in [-0.2, -0.15) is 0 Å². The molecule has 3 rings (SSSR count). The second-order valence-electron chi connectivity index (χ2n) is 6.01. The van der Waals surface area contributed by atoms with Crippen LogP contribution >= 0.6 is 15.9 Å². The van der Waals surface area contributed by atoms with E-state index in [1.165, 1.54) is 54.4 Å². The maximum absolute atomic E-state index is 3.77. The highest BCUT2D eigenvalue weighted by Gasteiger charge is 2.34. The van der Waals surface area contributed by atoms with E-state index in [-0.39, 0.29) is 0 Å². The SMILES string of the molecule is Cc1ccc(NC2CCCC2C2CCCN2)cc1Br. The molecule has 2 N–H and O–H groups in total. The summed E-state index contributed by atoms with van der Waals surface area (Å²) >= 11 is 3.62. The molecule has 2 nitrogen and oxygen atoms in total. The van der Waals surface area contributed by atoms with E-state index in [4.69, 9.17) is 0 Å². The molecular weight excluding hydrogens is 300 g/mol. The number of halogens is 1. The molecule has 0 radical (unpaired) electrons. The second kappa shape index (κ2) is 5.84. The van der Waals surface area contributed by atoms with Gasteiger partial charge in [-0.15, -0.1) is 0 Å². The summed E-state index contributed by atoms with van der Waals surface area (Å²) in [6.07, 6.45) is 6.77. The number of anilines is 1. The third-order valence-electron chi connectivity index (χ3n) is 4.71. The minimum Gasteiger partial charge on any atom is -0.382 e. The van der Waals surface area contributed by atoms with E-state index in [9.17, 15) is 0 Å². The van der Waals surface area contributed by atoms with Crippen LogP contribution in [0.3, 0.4) is 0 Å². The quantitative estimate of drug-likeness (QED) is 0.875. The summed E-state index contributed by atoms with van der Waals surface area (Å²) in [5, 5.41) is 7.45. The van der Waals surface area contributed by atoms with Gasteiger partial charge in [-0.1, -0.05) is 28.4 Å². The highest BCUT2D eigenvalue weighted by atomic mass is 79.9. The van der Waals surface area contributed by atoms with Gasteiger partial charge in [-0.25, -0.2) is 0 Å². The van der Waals surface area contributed by atoms with Gasteiger partial charge in [0.15, 0.2) is 0 Å². The van der Waals surface area contributed by atoms with Crippen LogP contribution in [-0.4, -0.2) is 18.6 Å². The Morgan fingerprint density at radius 3 is 2.84 bits per heavy atom. The summed E-state index contributed by atoms with van der Waals surface area (Å²) in [5.74, 6) is 0.808. The fraction of sp³-hybridized carbons (Fsp3) is 0.625. The van der Waals surface area contributed by atoms with Crippen molar-refractivity contribution in [1.29, 1.82) is 0 Å². The average Bonchev–Trinajstić information content (AvgIpc) is 3.04. The fourth-order valence-electron chi connectivity index (χ4n) is 3.62. The number of rotatable bonds is 3. The summed E-state index contributed by atoms with van der Waals surface area (Å²) in [7, 11) is 0. The maximum Gasteiger partial charge on any atom is 0.0353 e. The first-order valence-electron chi connectivity index (χ1n) is 7.50. The predicted octanol–water partition coefficient (Wildman–Crippen LogP) is 4.09. The molecule has 104 valence electrons.